The van der Waals surface area contributed by atoms with Gasteiger partial charge in [-0.25, -0.2) is 15.0 Å². The number of likely N-dealkylation sites (tertiary alicyclic amines) is 1. The molecule has 3 heterocycles. The Balaban J connectivity index is 1.43. The maximum absolute atomic E-state index is 13.0. The quantitative estimate of drug-likeness (QED) is 0.433. The van der Waals surface area contributed by atoms with Crippen LogP contribution >= 0.6 is 23.2 Å². The minimum absolute atomic E-state index is 0.175. The lowest BCUT2D eigenvalue weighted by molar-refractivity contribution is -0.120. The van der Waals surface area contributed by atoms with Gasteiger partial charge in [0, 0.05) is 36.3 Å². The number of anilines is 1. The number of rotatable bonds is 4. The fourth-order valence-corrected chi connectivity index (χ4v) is 4.38. The van der Waals surface area contributed by atoms with Crippen LogP contribution in [0, 0.1) is 0 Å². The van der Waals surface area contributed by atoms with Crippen molar-refractivity contribution in [2.24, 2.45) is 0 Å². The summed E-state index contributed by atoms with van der Waals surface area (Å²) < 4.78 is 0. The molecule has 2 N–H and O–H groups in total. The minimum Gasteiger partial charge on any atom is -0.360 e. The molecule has 1 aliphatic heterocycles. The molecule has 1 amide bonds. The van der Waals surface area contributed by atoms with Crippen molar-refractivity contribution in [2.75, 3.05) is 18.4 Å². The molecule has 168 valence electrons. The molecule has 0 spiro atoms. The Bertz CT molecular complexity index is 1390. The average molecular weight is 483 g/mol. The zero-order valence-electron chi connectivity index (χ0n) is 17.7. The second kappa shape index (κ2) is 8.61. The van der Waals surface area contributed by atoms with Crippen LogP contribution < -0.4 is 5.32 Å². The van der Waals surface area contributed by atoms with Crippen LogP contribution in [-0.2, 0) is 4.79 Å². The predicted octanol–water partition coefficient (Wildman–Crippen LogP) is 4.79. The van der Waals surface area contributed by atoms with Gasteiger partial charge in [-0.15, -0.1) is 0 Å². The van der Waals surface area contributed by atoms with Crippen LogP contribution in [-0.4, -0.2) is 49.6 Å². The average Bonchev–Trinajstić information content (AvgIpc) is 3.22. The number of piperidine rings is 1. The third kappa shape index (κ3) is 4.24. The van der Waals surface area contributed by atoms with Gasteiger partial charge in [-0.2, -0.15) is 0 Å². The number of carbonyl (C=O) groups is 2. The number of halogens is 2. The second-order valence-corrected chi connectivity index (χ2v) is 8.90. The molecular weight excluding hydrogens is 463 g/mol. The van der Waals surface area contributed by atoms with Crippen LogP contribution in [0.1, 0.15) is 42.0 Å². The summed E-state index contributed by atoms with van der Waals surface area (Å²) in [5, 5.41) is 4.99. The van der Waals surface area contributed by atoms with Crippen LogP contribution in [0.4, 0.5) is 5.82 Å². The highest BCUT2D eigenvalue weighted by atomic mass is 35.5. The zero-order chi connectivity index (χ0) is 23.1. The first-order chi connectivity index (χ1) is 15.9. The van der Waals surface area contributed by atoms with Gasteiger partial charge in [-0.05, 0) is 37.3 Å². The van der Waals surface area contributed by atoms with E-state index in [0.29, 0.717) is 58.3 Å². The molecular formula is C23H20Cl2N6O2. The highest BCUT2D eigenvalue weighted by Gasteiger charge is 2.24. The van der Waals surface area contributed by atoms with Crippen molar-refractivity contribution < 1.29 is 9.59 Å². The number of nitrogens with zero attached hydrogens (tertiary/aromatic N) is 4. The highest BCUT2D eigenvalue weighted by Crippen LogP contribution is 2.30. The van der Waals surface area contributed by atoms with Crippen LogP contribution in [0.15, 0.2) is 36.7 Å². The number of ketones is 1. The van der Waals surface area contributed by atoms with Crippen LogP contribution in [0.2, 0.25) is 10.0 Å². The molecule has 0 bridgehead atoms. The van der Waals surface area contributed by atoms with Crippen molar-refractivity contribution >= 4 is 62.6 Å². The first kappa shape index (κ1) is 21.6. The minimum atomic E-state index is -0.197. The lowest BCUT2D eigenvalue weighted by Gasteiger charge is -2.26. The number of Topliss-reactive ketones (excluding diaryl/α,β-unsaturated/α-hetero) is 1. The number of amides is 1. The van der Waals surface area contributed by atoms with E-state index in [-0.39, 0.29) is 17.7 Å². The van der Waals surface area contributed by atoms with Crippen molar-refractivity contribution in [3.8, 4) is 0 Å². The maximum atomic E-state index is 13.0. The molecule has 8 nitrogen and oxygen atoms in total. The molecule has 0 saturated carbocycles. The number of aromatic nitrogens is 4. The molecule has 1 atom stereocenters. The molecule has 1 saturated heterocycles. The summed E-state index contributed by atoms with van der Waals surface area (Å²) in [5.41, 5.74) is 2.63. The summed E-state index contributed by atoms with van der Waals surface area (Å²) in [5.74, 6) is 1.29. The van der Waals surface area contributed by atoms with Crippen molar-refractivity contribution in [2.45, 2.75) is 25.8 Å². The molecule has 1 aliphatic rings. The number of fused-ring (bicyclic) bond motifs is 2. The van der Waals surface area contributed by atoms with E-state index in [4.69, 9.17) is 23.2 Å². The third-order valence-corrected chi connectivity index (χ3v) is 6.34. The maximum Gasteiger partial charge on any atom is 0.255 e. The largest absolute Gasteiger partial charge is 0.360 e. The van der Waals surface area contributed by atoms with Crippen molar-refractivity contribution in [3.63, 3.8) is 0 Å². The zero-order valence-corrected chi connectivity index (χ0v) is 19.2. The molecule has 4 aromatic rings. The first-order valence-electron chi connectivity index (χ1n) is 10.6. The standard InChI is InChI=1S/C23H20Cl2N6O2/c1-12(21-29-18-3-2-13(24)8-20(18)30-21)28-22-16-9-17(25)15(10-19(16)26-11-27-22)23(33)31-6-4-14(32)5-7-31/h2-3,8-12H,4-7H2,1H3,(H,29,30)(H,26,27,28). The number of H-pyrrole nitrogens is 1. The fourth-order valence-electron chi connectivity index (χ4n) is 3.97. The molecule has 2 aromatic heterocycles. The number of hydrogen-bond acceptors (Lipinski definition) is 6. The summed E-state index contributed by atoms with van der Waals surface area (Å²) in [6, 6.07) is 8.68. The van der Waals surface area contributed by atoms with E-state index in [1.165, 1.54) is 6.33 Å². The van der Waals surface area contributed by atoms with Crippen molar-refractivity contribution in [3.05, 3.63) is 58.1 Å². The van der Waals surface area contributed by atoms with Gasteiger partial charge in [0.1, 0.15) is 23.8 Å². The van der Waals surface area contributed by atoms with Crippen molar-refractivity contribution in [1.82, 2.24) is 24.8 Å². The Morgan fingerprint density at radius 1 is 1.12 bits per heavy atom. The molecule has 0 aliphatic carbocycles. The summed E-state index contributed by atoms with van der Waals surface area (Å²) >= 11 is 12.6. The van der Waals surface area contributed by atoms with Crippen molar-refractivity contribution in [1.29, 1.82) is 0 Å². The van der Waals surface area contributed by atoms with Gasteiger partial charge in [0.2, 0.25) is 0 Å². The predicted molar refractivity (Wildman–Crippen MR) is 128 cm³/mol. The van der Waals surface area contributed by atoms with E-state index < -0.39 is 0 Å². The first-order valence-corrected chi connectivity index (χ1v) is 11.3. The molecule has 1 fully saturated rings. The van der Waals surface area contributed by atoms with E-state index in [1.54, 1.807) is 23.1 Å². The van der Waals surface area contributed by atoms with Crippen LogP contribution in [0.5, 0.6) is 0 Å². The molecule has 33 heavy (non-hydrogen) atoms. The third-order valence-electron chi connectivity index (χ3n) is 5.79. The van der Waals surface area contributed by atoms with E-state index in [0.717, 1.165) is 16.9 Å². The van der Waals surface area contributed by atoms with Crippen LogP contribution in [0.25, 0.3) is 21.9 Å². The van der Waals surface area contributed by atoms with E-state index in [2.05, 4.69) is 25.3 Å². The monoisotopic (exact) mass is 482 g/mol. The Morgan fingerprint density at radius 3 is 2.70 bits per heavy atom. The number of hydrogen-bond donors (Lipinski definition) is 2. The van der Waals surface area contributed by atoms with Gasteiger partial charge in [0.25, 0.3) is 5.91 Å². The van der Waals surface area contributed by atoms with Crippen LogP contribution in [0.3, 0.4) is 0 Å². The fraction of sp³-hybridized carbons (Fsp3) is 0.261. The van der Waals surface area contributed by atoms with Gasteiger partial charge in [0.15, 0.2) is 0 Å². The number of aromatic amines is 1. The Labute approximate surface area is 199 Å². The Kier molecular flexibility index (Phi) is 5.64. The summed E-state index contributed by atoms with van der Waals surface area (Å²) in [6.45, 7) is 2.77. The normalized spacial score (nSPS) is 15.2. The van der Waals surface area contributed by atoms with E-state index >= 15 is 0 Å². The van der Waals surface area contributed by atoms with Gasteiger partial charge in [0.05, 0.1) is 33.2 Å². The summed E-state index contributed by atoms with van der Waals surface area (Å²) in [6.07, 6.45) is 2.19. The van der Waals surface area contributed by atoms with E-state index in [1.807, 2.05) is 19.1 Å². The number of carbonyl (C=O) groups excluding carboxylic acids is 2. The van der Waals surface area contributed by atoms with Gasteiger partial charge in [-0.3, -0.25) is 9.59 Å². The SMILES string of the molecule is CC(Nc1ncnc2cc(C(=O)N3CCC(=O)CC3)c(Cl)cc12)c1nc2ccc(Cl)cc2[nH]1. The summed E-state index contributed by atoms with van der Waals surface area (Å²) in [4.78, 5) is 42.7. The Morgan fingerprint density at radius 2 is 1.91 bits per heavy atom. The molecule has 1 unspecified atom stereocenters. The highest BCUT2D eigenvalue weighted by molar-refractivity contribution is 6.35. The van der Waals surface area contributed by atoms with E-state index in [9.17, 15) is 9.59 Å². The molecule has 5 rings (SSSR count). The van der Waals surface area contributed by atoms with Gasteiger partial charge < -0.3 is 15.2 Å². The lowest BCUT2D eigenvalue weighted by atomic mass is 10.1. The topological polar surface area (TPSA) is 104 Å². The summed E-state index contributed by atoms with van der Waals surface area (Å²) in [7, 11) is 0. The molecule has 0 radical (unpaired) electrons. The number of imidazole rings is 1. The second-order valence-electron chi connectivity index (χ2n) is 8.05. The Hall–Kier alpha value is -3.23. The number of nitrogens with one attached hydrogen (secondary N) is 2. The lowest BCUT2D eigenvalue weighted by Crippen LogP contribution is -2.38. The molecule has 10 heteroatoms. The molecule has 2 aromatic carbocycles. The number of benzene rings is 2. The smallest absolute Gasteiger partial charge is 0.255 e. The van der Waals surface area contributed by atoms with Gasteiger partial charge >= 0.3 is 0 Å². The van der Waals surface area contributed by atoms with Gasteiger partial charge in [-0.1, -0.05) is 23.2 Å².